The molecule has 10 nitrogen and oxygen atoms in total. The first kappa shape index (κ1) is 19.9. The van der Waals surface area contributed by atoms with Crippen LogP contribution in [-0.4, -0.2) is 82.4 Å². The molecule has 2 rings (SSSR count). The summed E-state index contributed by atoms with van der Waals surface area (Å²) in [7, 11) is 0. The van der Waals surface area contributed by atoms with Crippen LogP contribution in [0.15, 0.2) is 12.5 Å². The Morgan fingerprint density at radius 3 is 2.64 bits per heavy atom. The first-order valence-corrected chi connectivity index (χ1v) is 8.12. The van der Waals surface area contributed by atoms with E-state index < -0.39 is 43.2 Å². The van der Waals surface area contributed by atoms with Crippen LogP contribution in [0, 0.1) is 0 Å². The van der Waals surface area contributed by atoms with Crippen LogP contribution in [0.1, 0.15) is 20.8 Å². The average Bonchev–Trinajstić information content (AvgIpc) is 2.87. The minimum atomic E-state index is -1.43. The molecule has 0 aromatic heterocycles. The van der Waals surface area contributed by atoms with E-state index in [1.54, 1.807) is 5.06 Å². The molecule has 7 unspecified atom stereocenters. The van der Waals surface area contributed by atoms with E-state index in [1.807, 2.05) is 13.8 Å². The van der Waals surface area contributed by atoms with Gasteiger partial charge in [-0.25, -0.2) is 0 Å². The van der Waals surface area contributed by atoms with Gasteiger partial charge >= 0.3 is 0 Å². The number of carbonyl (C=O) groups is 1. The van der Waals surface area contributed by atoms with E-state index in [2.05, 4.69) is 5.32 Å². The van der Waals surface area contributed by atoms with Crippen molar-refractivity contribution >= 4 is 5.91 Å². The van der Waals surface area contributed by atoms with Crippen LogP contribution in [0.3, 0.4) is 0 Å². The van der Waals surface area contributed by atoms with Gasteiger partial charge in [-0.05, 0) is 13.8 Å². The number of carbonyl (C=O) groups excluding carboxylic acids is 1. The highest BCUT2D eigenvalue weighted by molar-refractivity contribution is 5.73. The second-order valence-corrected chi connectivity index (χ2v) is 6.08. The van der Waals surface area contributed by atoms with Gasteiger partial charge in [0.1, 0.15) is 37.0 Å². The monoisotopic (exact) mass is 362 g/mol. The highest BCUT2D eigenvalue weighted by Crippen LogP contribution is 2.23. The summed E-state index contributed by atoms with van der Waals surface area (Å²) >= 11 is 0. The summed E-state index contributed by atoms with van der Waals surface area (Å²) in [4.78, 5) is 16.8. The fourth-order valence-corrected chi connectivity index (χ4v) is 2.83. The van der Waals surface area contributed by atoms with Crippen molar-refractivity contribution in [3.63, 3.8) is 0 Å². The highest BCUT2D eigenvalue weighted by Gasteiger charge is 2.46. The zero-order valence-electron chi connectivity index (χ0n) is 14.4. The lowest BCUT2D eigenvalue weighted by Crippen LogP contribution is -2.64. The Morgan fingerprint density at radius 2 is 2.08 bits per heavy atom. The van der Waals surface area contributed by atoms with Crippen LogP contribution >= 0.6 is 0 Å². The second kappa shape index (κ2) is 8.79. The normalized spacial score (nSPS) is 39.5. The summed E-state index contributed by atoms with van der Waals surface area (Å²) in [5, 5.41) is 33.6. The Morgan fingerprint density at radius 1 is 1.36 bits per heavy atom. The van der Waals surface area contributed by atoms with Crippen molar-refractivity contribution in [2.45, 2.75) is 63.7 Å². The van der Waals surface area contributed by atoms with E-state index in [0.29, 0.717) is 6.61 Å². The van der Waals surface area contributed by atoms with Crippen molar-refractivity contribution in [1.82, 2.24) is 10.4 Å². The minimum Gasteiger partial charge on any atom is -0.490 e. The number of aliphatic hydroxyl groups excluding tert-OH is 3. The van der Waals surface area contributed by atoms with E-state index >= 15 is 0 Å². The smallest absolute Gasteiger partial charge is 0.217 e. The molecule has 7 atom stereocenters. The zero-order chi connectivity index (χ0) is 18.6. The standard InChI is InChI=1S/C15H26N2O8/c1-8-7-23-10(3)17(8)24-5-4-22-14-12(16-9(2)19)15(21)25-11(6-18)13(14)20/h4-5,8,10-15,18,20-21H,6-7H2,1-3H3,(H,16,19)/b5-4+. The number of nitrogens with zero attached hydrogens (tertiary/aromatic N) is 1. The molecule has 2 saturated heterocycles. The van der Waals surface area contributed by atoms with Gasteiger partial charge in [0.2, 0.25) is 5.91 Å². The summed E-state index contributed by atoms with van der Waals surface area (Å²) in [6, 6.07) is -0.936. The van der Waals surface area contributed by atoms with Gasteiger partial charge in [-0.1, -0.05) is 0 Å². The molecule has 2 aliphatic rings. The number of amides is 1. The third-order valence-electron chi connectivity index (χ3n) is 4.09. The molecule has 0 aromatic rings. The zero-order valence-corrected chi connectivity index (χ0v) is 14.4. The van der Waals surface area contributed by atoms with E-state index in [0.717, 1.165) is 0 Å². The number of nitrogens with one attached hydrogen (secondary N) is 1. The van der Waals surface area contributed by atoms with Gasteiger partial charge in [-0.15, -0.1) is 5.06 Å². The largest absolute Gasteiger partial charge is 0.490 e. The molecule has 1 amide bonds. The van der Waals surface area contributed by atoms with E-state index in [-0.39, 0.29) is 12.3 Å². The highest BCUT2D eigenvalue weighted by atomic mass is 16.7. The molecule has 144 valence electrons. The number of aliphatic hydroxyl groups is 3. The Hall–Kier alpha value is -1.43. The van der Waals surface area contributed by atoms with Crippen LogP contribution in [-0.2, 0) is 23.8 Å². The molecule has 0 aromatic carbocycles. The summed E-state index contributed by atoms with van der Waals surface area (Å²) in [5.74, 6) is -0.423. The maximum atomic E-state index is 11.3. The van der Waals surface area contributed by atoms with Crippen molar-refractivity contribution < 1.29 is 39.2 Å². The first-order chi connectivity index (χ1) is 11.8. The maximum Gasteiger partial charge on any atom is 0.217 e. The number of ether oxygens (including phenoxy) is 3. The van der Waals surface area contributed by atoms with Crippen LogP contribution in [0.25, 0.3) is 0 Å². The molecule has 4 N–H and O–H groups in total. The van der Waals surface area contributed by atoms with E-state index in [4.69, 9.17) is 19.0 Å². The number of hydroxylamine groups is 2. The van der Waals surface area contributed by atoms with E-state index in [1.165, 1.54) is 19.4 Å². The Labute approximate surface area is 145 Å². The molecule has 0 spiro atoms. The molecule has 10 heteroatoms. The lowest BCUT2D eigenvalue weighted by molar-refractivity contribution is -0.255. The summed E-state index contributed by atoms with van der Waals surface area (Å²) < 4.78 is 15.9. The van der Waals surface area contributed by atoms with Gasteiger partial charge in [0.15, 0.2) is 12.4 Å². The van der Waals surface area contributed by atoms with Crippen molar-refractivity contribution in [1.29, 1.82) is 0 Å². The van der Waals surface area contributed by atoms with Gasteiger partial charge in [0.05, 0.1) is 19.3 Å². The van der Waals surface area contributed by atoms with Crippen molar-refractivity contribution in [2.75, 3.05) is 13.2 Å². The molecule has 25 heavy (non-hydrogen) atoms. The summed E-state index contributed by atoms with van der Waals surface area (Å²) in [6.45, 7) is 5.09. The molecule has 2 heterocycles. The number of hydrogen-bond donors (Lipinski definition) is 4. The van der Waals surface area contributed by atoms with Crippen molar-refractivity contribution in [3.05, 3.63) is 12.5 Å². The Kier molecular flexibility index (Phi) is 6.99. The molecular weight excluding hydrogens is 336 g/mol. The van der Waals surface area contributed by atoms with E-state index in [9.17, 15) is 20.1 Å². The lowest BCUT2D eigenvalue weighted by Gasteiger charge is -2.41. The summed E-state index contributed by atoms with van der Waals surface area (Å²) in [6.07, 6.45) is -2.50. The Bertz CT molecular complexity index is 466. The molecule has 0 saturated carbocycles. The first-order valence-electron chi connectivity index (χ1n) is 8.12. The average molecular weight is 362 g/mol. The van der Waals surface area contributed by atoms with Gasteiger partial charge < -0.3 is 39.7 Å². The number of hydrogen-bond acceptors (Lipinski definition) is 9. The predicted octanol–water partition coefficient (Wildman–Crippen LogP) is -1.58. The third-order valence-corrected chi connectivity index (χ3v) is 4.09. The molecular formula is C15H26N2O8. The molecule has 0 bridgehead atoms. The lowest BCUT2D eigenvalue weighted by atomic mass is 9.97. The van der Waals surface area contributed by atoms with Crippen molar-refractivity contribution in [3.8, 4) is 0 Å². The molecule has 0 radical (unpaired) electrons. The van der Waals surface area contributed by atoms with Crippen LogP contribution in [0.2, 0.25) is 0 Å². The molecule has 2 fully saturated rings. The van der Waals surface area contributed by atoms with Gasteiger partial charge in [-0.2, -0.15) is 0 Å². The topological polar surface area (TPSA) is 130 Å². The minimum absolute atomic E-state index is 0.0704. The quantitative estimate of drug-likeness (QED) is 0.413. The second-order valence-electron chi connectivity index (χ2n) is 6.08. The fraction of sp³-hybridized carbons (Fsp3) is 0.800. The predicted molar refractivity (Wildman–Crippen MR) is 83.4 cm³/mol. The fourth-order valence-electron chi connectivity index (χ4n) is 2.83. The van der Waals surface area contributed by atoms with Gasteiger partial charge in [0, 0.05) is 6.92 Å². The SMILES string of the molecule is CC(=O)NC1C(O)OC(CO)C(O)C1O/C=C/ON1C(C)COC1C. The summed E-state index contributed by atoms with van der Waals surface area (Å²) in [5.41, 5.74) is 0. The number of rotatable bonds is 6. The molecule has 2 aliphatic heterocycles. The molecule has 0 aliphatic carbocycles. The van der Waals surface area contributed by atoms with Gasteiger partial charge in [-0.3, -0.25) is 4.79 Å². The van der Waals surface area contributed by atoms with Gasteiger partial charge in [0.25, 0.3) is 0 Å². The van der Waals surface area contributed by atoms with Crippen molar-refractivity contribution in [2.24, 2.45) is 0 Å². The van der Waals surface area contributed by atoms with Crippen LogP contribution < -0.4 is 5.32 Å². The third kappa shape index (κ3) is 4.81. The van der Waals surface area contributed by atoms with Crippen LogP contribution in [0.5, 0.6) is 0 Å². The van der Waals surface area contributed by atoms with Crippen LogP contribution in [0.4, 0.5) is 0 Å². The maximum absolute atomic E-state index is 11.3. The Balaban J connectivity index is 1.98.